The summed E-state index contributed by atoms with van der Waals surface area (Å²) in [4.78, 5) is 8.89. The first-order valence-corrected chi connectivity index (χ1v) is 6.37. The van der Waals surface area contributed by atoms with Crippen LogP contribution in [0.1, 0.15) is 31.4 Å². The minimum Gasteiger partial charge on any atom is -0.378 e. The molecule has 1 aliphatic heterocycles. The molecule has 0 spiro atoms. The molecule has 5 heteroatoms. The molecule has 3 heterocycles. The lowest BCUT2D eigenvalue weighted by Gasteiger charge is -2.28. The van der Waals surface area contributed by atoms with Gasteiger partial charge in [0.25, 0.3) is 0 Å². The molecule has 0 amide bonds. The molecule has 2 atom stereocenters. The first-order valence-electron chi connectivity index (χ1n) is 6.37. The van der Waals surface area contributed by atoms with Gasteiger partial charge in [-0.15, -0.1) is 0 Å². The number of aryl methyl sites for hydroxylation is 1. The number of rotatable bonds is 1. The summed E-state index contributed by atoms with van der Waals surface area (Å²) in [5.41, 5.74) is 8.99. The largest absolute Gasteiger partial charge is 0.378 e. The minimum absolute atomic E-state index is 0.269. The van der Waals surface area contributed by atoms with Gasteiger partial charge in [-0.3, -0.25) is 4.57 Å². The Kier molecular flexibility index (Phi) is 2.70. The van der Waals surface area contributed by atoms with Gasteiger partial charge in [0.2, 0.25) is 5.95 Å². The summed E-state index contributed by atoms with van der Waals surface area (Å²) in [6.45, 7) is 4.91. The molecule has 0 bridgehead atoms. The molecule has 0 aromatic carbocycles. The Morgan fingerprint density at radius 1 is 1.50 bits per heavy atom. The third-order valence-corrected chi connectivity index (χ3v) is 3.63. The minimum atomic E-state index is 0.269. The van der Waals surface area contributed by atoms with E-state index in [0.29, 0.717) is 12.0 Å². The van der Waals surface area contributed by atoms with Gasteiger partial charge < -0.3 is 10.5 Å². The standard InChI is InChI=1S/C13H18N4O/c1-8-3-5-15-12-11(8)16-13(14)17(12)10-4-6-18-9(2)7-10/h3,5,9-10H,4,6-7H2,1-2H3,(H2,14,16). The smallest absolute Gasteiger partial charge is 0.202 e. The number of hydrogen-bond donors (Lipinski definition) is 1. The Hall–Kier alpha value is -1.62. The predicted octanol–water partition coefficient (Wildman–Crippen LogP) is 2.06. The number of anilines is 1. The third kappa shape index (κ3) is 1.75. The Morgan fingerprint density at radius 3 is 3.11 bits per heavy atom. The van der Waals surface area contributed by atoms with Gasteiger partial charge in [0, 0.05) is 18.8 Å². The van der Waals surface area contributed by atoms with Crippen molar-refractivity contribution in [3.63, 3.8) is 0 Å². The predicted molar refractivity (Wildman–Crippen MR) is 70.4 cm³/mol. The monoisotopic (exact) mass is 246 g/mol. The van der Waals surface area contributed by atoms with Gasteiger partial charge in [0.15, 0.2) is 5.65 Å². The fourth-order valence-corrected chi connectivity index (χ4v) is 2.70. The molecule has 18 heavy (non-hydrogen) atoms. The van der Waals surface area contributed by atoms with E-state index in [1.807, 2.05) is 19.2 Å². The molecular weight excluding hydrogens is 228 g/mol. The molecule has 2 unspecified atom stereocenters. The zero-order valence-corrected chi connectivity index (χ0v) is 10.8. The molecule has 1 saturated heterocycles. The second-order valence-corrected chi connectivity index (χ2v) is 5.00. The van der Waals surface area contributed by atoms with Crippen molar-refractivity contribution in [1.82, 2.24) is 14.5 Å². The highest BCUT2D eigenvalue weighted by atomic mass is 16.5. The van der Waals surface area contributed by atoms with Crippen molar-refractivity contribution in [2.75, 3.05) is 12.3 Å². The highest BCUT2D eigenvalue weighted by molar-refractivity contribution is 5.77. The number of ether oxygens (including phenoxy) is 1. The average Bonchev–Trinajstić information content (AvgIpc) is 2.67. The van der Waals surface area contributed by atoms with Crippen molar-refractivity contribution >= 4 is 17.1 Å². The summed E-state index contributed by atoms with van der Waals surface area (Å²) in [5, 5.41) is 0. The van der Waals surface area contributed by atoms with Crippen molar-refractivity contribution in [2.45, 2.75) is 38.8 Å². The molecule has 1 fully saturated rings. The summed E-state index contributed by atoms with van der Waals surface area (Å²) >= 11 is 0. The number of nitrogens with two attached hydrogens (primary N) is 1. The first-order chi connectivity index (χ1) is 8.66. The molecule has 3 rings (SSSR count). The van der Waals surface area contributed by atoms with Crippen LogP contribution in [0.25, 0.3) is 11.2 Å². The molecular formula is C13H18N4O. The normalized spacial score (nSPS) is 24.6. The van der Waals surface area contributed by atoms with Crippen LogP contribution in [-0.2, 0) is 4.74 Å². The lowest BCUT2D eigenvalue weighted by molar-refractivity contribution is 0.00705. The average molecular weight is 246 g/mol. The molecule has 2 N–H and O–H groups in total. The van der Waals surface area contributed by atoms with Crippen molar-refractivity contribution in [1.29, 1.82) is 0 Å². The Labute approximate surface area is 106 Å². The van der Waals surface area contributed by atoms with E-state index >= 15 is 0 Å². The van der Waals surface area contributed by atoms with Crippen LogP contribution in [-0.4, -0.2) is 27.2 Å². The molecule has 0 saturated carbocycles. The highest BCUT2D eigenvalue weighted by Gasteiger charge is 2.25. The van der Waals surface area contributed by atoms with E-state index in [0.717, 1.165) is 36.2 Å². The quantitative estimate of drug-likeness (QED) is 0.836. The SMILES string of the molecule is Cc1ccnc2c1nc(N)n2C1CCOC(C)C1. The summed E-state index contributed by atoms with van der Waals surface area (Å²) in [7, 11) is 0. The van der Waals surface area contributed by atoms with Crippen LogP contribution < -0.4 is 5.73 Å². The second kappa shape index (κ2) is 4.24. The molecule has 1 aliphatic rings. The highest BCUT2D eigenvalue weighted by Crippen LogP contribution is 2.31. The lowest BCUT2D eigenvalue weighted by atomic mass is 10.0. The first kappa shape index (κ1) is 11.5. The third-order valence-electron chi connectivity index (χ3n) is 3.63. The molecule has 0 aliphatic carbocycles. The van der Waals surface area contributed by atoms with Crippen molar-refractivity contribution in [3.05, 3.63) is 17.8 Å². The van der Waals surface area contributed by atoms with Gasteiger partial charge >= 0.3 is 0 Å². The van der Waals surface area contributed by atoms with Crippen molar-refractivity contribution < 1.29 is 4.74 Å². The van der Waals surface area contributed by atoms with Gasteiger partial charge in [-0.25, -0.2) is 9.97 Å². The maximum atomic E-state index is 6.07. The number of fused-ring (bicyclic) bond motifs is 1. The maximum absolute atomic E-state index is 6.07. The van der Waals surface area contributed by atoms with Crippen LogP contribution in [0.4, 0.5) is 5.95 Å². The van der Waals surface area contributed by atoms with Crippen LogP contribution in [0.3, 0.4) is 0 Å². The van der Waals surface area contributed by atoms with Gasteiger partial charge in [-0.05, 0) is 38.3 Å². The maximum Gasteiger partial charge on any atom is 0.202 e. The topological polar surface area (TPSA) is 66.0 Å². The number of pyridine rings is 1. The lowest BCUT2D eigenvalue weighted by Crippen LogP contribution is -2.26. The summed E-state index contributed by atoms with van der Waals surface area (Å²) < 4.78 is 7.66. The number of aromatic nitrogens is 3. The summed E-state index contributed by atoms with van der Waals surface area (Å²) in [5.74, 6) is 0.561. The molecule has 5 nitrogen and oxygen atoms in total. The number of nitrogen functional groups attached to an aromatic ring is 1. The number of nitrogens with zero attached hydrogens (tertiary/aromatic N) is 3. The molecule has 0 radical (unpaired) electrons. The van der Waals surface area contributed by atoms with Gasteiger partial charge in [-0.2, -0.15) is 0 Å². The fraction of sp³-hybridized carbons (Fsp3) is 0.538. The van der Waals surface area contributed by atoms with E-state index in [1.165, 1.54) is 0 Å². The van der Waals surface area contributed by atoms with E-state index in [2.05, 4.69) is 21.5 Å². The van der Waals surface area contributed by atoms with E-state index in [1.54, 1.807) is 0 Å². The zero-order chi connectivity index (χ0) is 12.7. The van der Waals surface area contributed by atoms with Crippen LogP contribution in [0.5, 0.6) is 0 Å². The molecule has 2 aromatic heterocycles. The molecule has 96 valence electrons. The van der Waals surface area contributed by atoms with E-state index in [-0.39, 0.29) is 6.10 Å². The van der Waals surface area contributed by atoms with Gasteiger partial charge in [-0.1, -0.05) is 0 Å². The second-order valence-electron chi connectivity index (χ2n) is 5.00. The van der Waals surface area contributed by atoms with Gasteiger partial charge in [0.1, 0.15) is 5.52 Å². The number of hydrogen-bond acceptors (Lipinski definition) is 4. The summed E-state index contributed by atoms with van der Waals surface area (Å²) in [6, 6.07) is 2.30. The van der Waals surface area contributed by atoms with E-state index in [9.17, 15) is 0 Å². The van der Waals surface area contributed by atoms with Gasteiger partial charge in [0.05, 0.1) is 6.10 Å². The van der Waals surface area contributed by atoms with E-state index in [4.69, 9.17) is 10.5 Å². The fourth-order valence-electron chi connectivity index (χ4n) is 2.70. The Morgan fingerprint density at radius 2 is 2.33 bits per heavy atom. The summed E-state index contributed by atoms with van der Waals surface area (Å²) in [6.07, 6.45) is 4.02. The zero-order valence-electron chi connectivity index (χ0n) is 10.8. The van der Waals surface area contributed by atoms with Crippen LogP contribution in [0.15, 0.2) is 12.3 Å². The van der Waals surface area contributed by atoms with Crippen molar-refractivity contribution in [3.8, 4) is 0 Å². The van der Waals surface area contributed by atoms with Crippen LogP contribution in [0, 0.1) is 6.92 Å². The van der Waals surface area contributed by atoms with Crippen LogP contribution in [0.2, 0.25) is 0 Å². The Balaban J connectivity index is 2.10. The Bertz CT molecular complexity index is 578. The van der Waals surface area contributed by atoms with Crippen molar-refractivity contribution in [2.24, 2.45) is 0 Å². The van der Waals surface area contributed by atoms with Crippen LogP contribution >= 0.6 is 0 Å². The molecule has 2 aromatic rings. The van der Waals surface area contributed by atoms with E-state index < -0.39 is 0 Å². The number of imidazole rings is 1.